The van der Waals surface area contributed by atoms with E-state index in [1.54, 1.807) is 48.6 Å². The van der Waals surface area contributed by atoms with Crippen LogP contribution in [-0.4, -0.2) is 11.8 Å². The average Bonchev–Trinajstić information content (AvgIpc) is 2.75. The number of halogens is 2. The molecule has 2 amide bonds. The first kappa shape index (κ1) is 22.3. The molecule has 31 heavy (non-hydrogen) atoms. The zero-order valence-electron chi connectivity index (χ0n) is 16.7. The molecule has 0 unspecified atom stereocenters. The molecule has 3 rings (SSSR count). The molecule has 0 atom stereocenters. The summed E-state index contributed by atoms with van der Waals surface area (Å²) < 4.78 is 0. The summed E-state index contributed by atoms with van der Waals surface area (Å²) in [6.45, 7) is 1.91. The second-order valence-corrected chi connectivity index (χ2v) is 7.67. The van der Waals surface area contributed by atoms with Crippen LogP contribution in [0.1, 0.15) is 16.7 Å². The van der Waals surface area contributed by atoms with E-state index in [2.05, 4.69) is 10.6 Å². The van der Waals surface area contributed by atoms with Crippen LogP contribution in [0, 0.1) is 6.92 Å². The van der Waals surface area contributed by atoms with Crippen LogP contribution in [0.15, 0.2) is 78.9 Å². The van der Waals surface area contributed by atoms with Gasteiger partial charge in [0.1, 0.15) is 0 Å². The van der Waals surface area contributed by atoms with Gasteiger partial charge in [0.05, 0.1) is 11.4 Å². The molecule has 0 aromatic heterocycles. The van der Waals surface area contributed by atoms with Crippen LogP contribution < -0.4 is 10.6 Å². The molecule has 0 spiro atoms. The van der Waals surface area contributed by atoms with Crippen LogP contribution in [0.4, 0.5) is 11.4 Å². The number of hydrogen-bond acceptors (Lipinski definition) is 2. The van der Waals surface area contributed by atoms with Crippen molar-refractivity contribution in [2.24, 2.45) is 0 Å². The Hall–Kier alpha value is -3.34. The molecule has 0 aliphatic rings. The average molecular weight is 451 g/mol. The fourth-order valence-electron chi connectivity index (χ4n) is 2.71. The number of nitrogens with one attached hydrogen (secondary N) is 2. The Kier molecular flexibility index (Phi) is 7.65. The predicted molar refractivity (Wildman–Crippen MR) is 129 cm³/mol. The lowest BCUT2D eigenvalue weighted by Crippen LogP contribution is -2.13. The van der Waals surface area contributed by atoms with E-state index < -0.39 is 0 Å². The number of carbonyl (C=O) groups is 2. The standard InChI is InChI=1S/C25H20Cl2N2O2/c1-17-2-13-22(28-24(30)14-7-18-3-9-20(26)10-4-18)23(16-17)29-25(31)15-8-19-5-11-21(27)12-6-19/h2-16H,1H3,(H,28,30)(H,29,31)/b14-7+,15-8+. The van der Waals surface area contributed by atoms with Crippen molar-refractivity contribution in [3.63, 3.8) is 0 Å². The van der Waals surface area contributed by atoms with Crippen molar-refractivity contribution in [1.29, 1.82) is 0 Å². The third-order valence-corrected chi connectivity index (χ3v) is 4.79. The topological polar surface area (TPSA) is 58.2 Å². The van der Waals surface area contributed by atoms with Crippen LogP contribution in [0.5, 0.6) is 0 Å². The van der Waals surface area contributed by atoms with Crippen molar-refractivity contribution in [3.05, 3.63) is 106 Å². The van der Waals surface area contributed by atoms with Crippen LogP contribution in [-0.2, 0) is 9.59 Å². The molecule has 2 N–H and O–H groups in total. The van der Waals surface area contributed by atoms with Gasteiger partial charge in [0.25, 0.3) is 0 Å². The third kappa shape index (κ3) is 7.14. The zero-order valence-corrected chi connectivity index (χ0v) is 18.2. The van der Waals surface area contributed by atoms with Gasteiger partial charge < -0.3 is 10.6 Å². The van der Waals surface area contributed by atoms with E-state index in [-0.39, 0.29) is 11.8 Å². The Morgan fingerprint density at radius 1 is 0.677 bits per heavy atom. The Morgan fingerprint density at radius 2 is 1.13 bits per heavy atom. The van der Waals surface area contributed by atoms with Crippen molar-refractivity contribution in [2.45, 2.75) is 6.92 Å². The fraction of sp³-hybridized carbons (Fsp3) is 0.0400. The third-order valence-electron chi connectivity index (χ3n) is 4.29. The van der Waals surface area contributed by atoms with E-state index >= 15 is 0 Å². The van der Waals surface area contributed by atoms with Crippen LogP contribution in [0.25, 0.3) is 12.2 Å². The first-order chi connectivity index (χ1) is 14.9. The summed E-state index contributed by atoms with van der Waals surface area (Å²) >= 11 is 11.7. The normalized spacial score (nSPS) is 11.1. The van der Waals surface area contributed by atoms with Crippen molar-refractivity contribution in [2.75, 3.05) is 10.6 Å². The number of benzene rings is 3. The molecular weight excluding hydrogens is 431 g/mol. The molecule has 0 bridgehead atoms. The SMILES string of the molecule is Cc1ccc(NC(=O)/C=C/c2ccc(Cl)cc2)c(NC(=O)/C=C/c2ccc(Cl)cc2)c1. The van der Waals surface area contributed by atoms with Gasteiger partial charge >= 0.3 is 0 Å². The van der Waals surface area contributed by atoms with Crippen LogP contribution in [0.3, 0.4) is 0 Å². The number of amides is 2. The summed E-state index contributed by atoms with van der Waals surface area (Å²) in [7, 11) is 0. The number of rotatable bonds is 6. The minimum absolute atomic E-state index is 0.312. The summed E-state index contributed by atoms with van der Waals surface area (Å²) in [4.78, 5) is 24.7. The minimum atomic E-state index is -0.314. The van der Waals surface area contributed by atoms with Crippen LogP contribution >= 0.6 is 23.2 Å². The molecule has 6 heteroatoms. The molecule has 0 radical (unpaired) electrons. The van der Waals surface area contributed by atoms with Crippen molar-refractivity contribution < 1.29 is 9.59 Å². The van der Waals surface area contributed by atoms with E-state index in [9.17, 15) is 9.59 Å². The highest BCUT2D eigenvalue weighted by atomic mass is 35.5. The molecule has 4 nitrogen and oxygen atoms in total. The maximum Gasteiger partial charge on any atom is 0.248 e. The van der Waals surface area contributed by atoms with Gasteiger partial charge in [-0.05, 0) is 72.2 Å². The Bertz CT molecular complexity index is 1140. The molecule has 0 heterocycles. The molecule has 3 aromatic carbocycles. The predicted octanol–water partition coefficient (Wildman–Crippen LogP) is 6.61. The summed E-state index contributed by atoms with van der Waals surface area (Å²) in [5, 5.41) is 6.88. The molecule has 0 fully saturated rings. The quantitative estimate of drug-likeness (QED) is 0.415. The van der Waals surface area contributed by atoms with Gasteiger partial charge in [-0.25, -0.2) is 0 Å². The lowest BCUT2D eigenvalue weighted by Gasteiger charge is -2.11. The molecule has 3 aromatic rings. The lowest BCUT2D eigenvalue weighted by atomic mass is 10.1. The van der Waals surface area contributed by atoms with Gasteiger partial charge in [-0.3, -0.25) is 9.59 Å². The van der Waals surface area contributed by atoms with E-state index in [0.717, 1.165) is 16.7 Å². The van der Waals surface area contributed by atoms with Crippen molar-refractivity contribution >= 4 is 58.5 Å². The monoisotopic (exact) mass is 450 g/mol. The minimum Gasteiger partial charge on any atom is -0.321 e. The maximum atomic E-state index is 12.4. The maximum absolute atomic E-state index is 12.4. The smallest absolute Gasteiger partial charge is 0.248 e. The van der Waals surface area contributed by atoms with E-state index in [1.165, 1.54) is 12.2 Å². The number of hydrogen-bond donors (Lipinski definition) is 2. The summed E-state index contributed by atoms with van der Waals surface area (Å²) in [6.07, 6.45) is 6.23. The number of carbonyl (C=O) groups excluding carboxylic acids is 2. The molecular formula is C25H20Cl2N2O2. The van der Waals surface area contributed by atoms with E-state index in [4.69, 9.17) is 23.2 Å². The summed E-state index contributed by atoms with van der Waals surface area (Å²) in [6, 6.07) is 19.7. The highest BCUT2D eigenvalue weighted by molar-refractivity contribution is 6.30. The molecule has 0 aliphatic carbocycles. The van der Waals surface area contributed by atoms with Gasteiger partial charge in [-0.1, -0.05) is 53.5 Å². The second kappa shape index (κ2) is 10.6. The van der Waals surface area contributed by atoms with Gasteiger partial charge in [-0.15, -0.1) is 0 Å². The van der Waals surface area contributed by atoms with E-state index in [0.29, 0.717) is 21.4 Å². The van der Waals surface area contributed by atoms with Gasteiger partial charge in [-0.2, -0.15) is 0 Å². The molecule has 0 saturated carbocycles. The Morgan fingerprint density at radius 3 is 1.61 bits per heavy atom. The first-order valence-electron chi connectivity index (χ1n) is 9.49. The Labute approximate surface area is 191 Å². The molecule has 0 aliphatic heterocycles. The largest absolute Gasteiger partial charge is 0.321 e. The van der Waals surface area contributed by atoms with Crippen LogP contribution in [0.2, 0.25) is 10.0 Å². The van der Waals surface area contributed by atoms with E-state index in [1.807, 2.05) is 37.3 Å². The molecule has 156 valence electrons. The van der Waals surface area contributed by atoms with Gasteiger partial charge in [0.15, 0.2) is 0 Å². The highest BCUT2D eigenvalue weighted by Gasteiger charge is 2.08. The van der Waals surface area contributed by atoms with Crippen molar-refractivity contribution in [1.82, 2.24) is 0 Å². The summed E-state index contributed by atoms with van der Waals surface area (Å²) in [5.41, 5.74) is 3.67. The first-order valence-corrected chi connectivity index (χ1v) is 10.2. The number of aryl methyl sites for hydroxylation is 1. The lowest BCUT2D eigenvalue weighted by molar-refractivity contribution is -0.112. The fourth-order valence-corrected chi connectivity index (χ4v) is 2.96. The number of anilines is 2. The van der Waals surface area contributed by atoms with Gasteiger partial charge in [0, 0.05) is 22.2 Å². The van der Waals surface area contributed by atoms with Crippen molar-refractivity contribution in [3.8, 4) is 0 Å². The second-order valence-electron chi connectivity index (χ2n) is 6.80. The summed E-state index contributed by atoms with van der Waals surface area (Å²) in [5.74, 6) is -0.626. The Balaban J connectivity index is 1.68. The highest BCUT2D eigenvalue weighted by Crippen LogP contribution is 2.23. The molecule has 0 saturated heterocycles. The van der Waals surface area contributed by atoms with Gasteiger partial charge in [0.2, 0.25) is 11.8 Å². The zero-order chi connectivity index (χ0) is 22.2.